The zero-order valence-electron chi connectivity index (χ0n) is 21.7. The first-order valence-corrected chi connectivity index (χ1v) is 13.5. The fourth-order valence-electron chi connectivity index (χ4n) is 5.52. The molecule has 2 nitrogen and oxygen atoms in total. The molecule has 0 amide bonds. The molecule has 0 unspecified atom stereocenters. The van der Waals surface area contributed by atoms with Crippen LogP contribution in [0.5, 0.6) is 0 Å². The van der Waals surface area contributed by atoms with Crippen LogP contribution in [0.4, 0.5) is 0 Å². The Balaban J connectivity index is 1.12. The van der Waals surface area contributed by atoms with Gasteiger partial charge in [-0.25, -0.2) is 0 Å². The third-order valence-corrected chi connectivity index (χ3v) is 7.66. The summed E-state index contributed by atoms with van der Waals surface area (Å²) in [4.78, 5) is 0. The minimum Gasteiger partial charge on any atom is -0.456 e. The zero-order valence-corrected chi connectivity index (χ0v) is 21.7. The molecule has 2 heterocycles. The highest BCUT2D eigenvalue weighted by molar-refractivity contribution is 6.03. The topological polar surface area (TPSA) is 26.3 Å². The van der Waals surface area contributed by atoms with Crippen LogP contribution in [-0.2, 0) is 0 Å². The molecule has 6 aromatic carbocycles. The standard InChI is InChI=1S/C38H24O2/c1-3-7-25(8-4-1)27-11-15-29(16-12-27)35-23-33-19-31-22-38-34(20-32(31)21-37(33)39-35)24-36(40-38)30-17-13-28(14-18-30)26-9-5-2-6-10-26/h1-24H. The van der Waals surface area contributed by atoms with Gasteiger partial charge >= 0.3 is 0 Å². The van der Waals surface area contributed by atoms with Crippen molar-refractivity contribution in [3.05, 3.63) is 146 Å². The highest BCUT2D eigenvalue weighted by Gasteiger charge is 2.12. The van der Waals surface area contributed by atoms with Crippen molar-refractivity contribution >= 4 is 32.7 Å². The van der Waals surface area contributed by atoms with E-state index in [9.17, 15) is 0 Å². The van der Waals surface area contributed by atoms with Crippen LogP contribution in [0.2, 0.25) is 0 Å². The molecule has 0 bridgehead atoms. The summed E-state index contributed by atoms with van der Waals surface area (Å²) >= 11 is 0. The zero-order chi connectivity index (χ0) is 26.5. The molecule has 0 N–H and O–H groups in total. The number of benzene rings is 6. The molecular formula is C38H24O2. The second-order valence-electron chi connectivity index (χ2n) is 10.2. The smallest absolute Gasteiger partial charge is 0.135 e. The highest BCUT2D eigenvalue weighted by Crippen LogP contribution is 2.36. The van der Waals surface area contributed by atoms with Gasteiger partial charge in [-0.15, -0.1) is 0 Å². The van der Waals surface area contributed by atoms with E-state index in [1.54, 1.807) is 0 Å². The molecule has 40 heavy (non-hydrogen) atoms. The van der Waals surface area contributed by atoms with E-state index in [1.165, 1.54) is 22.3 Å². The van der Waals surface area contributed by atoms with Crippen LogP contribution in [0.3, 0.4) is 0 Å². The van der Waals surface area contributed by atoms with Crippen LogP contribution in [-0.4, -0.2) is 0 Å². The van der Waals surface area contributed by atoms with Gasteiger partial charge in [-0.1, -0.05) is 109 Å². The van der Waals surface area contributed by atoms with Gasteiger partial charge in [0, 0.05) is 21.9 Å². The molecule has 0 radical (unpaired) electrons. The third-order valence-electron chi connectivity index (χ3n) is 7.66. The quantitative estimate of drug-likeness (QED) is 0.234. The van der Waals surface area contributed by atoms with Gasteiger partial charge in [0.25, 0.3) is 0 Å². The Morgan fingerprint density at radius 2 is 0.625 bits per heavy atom. The second kappa shape index (κ2) is 9.14. The van der Waals surface area contributed by atoms with Gasteiger partial charge in [0.1, 0.15) is 22.7 Å². The lowest BCUT2D eigenvalue weighted by Gasteiger charge is -2.02. The summed E-state index contributed by atoms with van der Waals surface area (Å²) in [5, 5.41) is 4.42. The SMILES string of the molecule is c1ccc(-c2ccc(-c3cc4cc5cc6oc(-c7ccc(-c8ccccc8)cc7)cc6cc5cc4o3)cc2)cc1. The number of hydrogen-bond acceptors (Lipinski definition) is 2. The number of rotatable bonds is 4. The molecule has 8 aromatic rings. The van der Waals surface area contributed by atoms with Crippen molar-refractivity contribution in [2.75, 3.05) is 0 Å². The fourth-order valence-corrected chi connectivity index (χ4v) is 5.52. The second-order valence-corrected chi connectivity index (χ2v) is 10.2. The molecule has 2 aromatic heterocycles. The minimum atomic E-state index is 0.870. The van der Waals surface area contributed by atoms with Gasteiger partial charge in [0.15, 0.2) is 0 Å². The summed E-state index contributed by atoms with van der Waals surface area (Å²) in [5.74, 6) is 1.74. The lowest BCUT2D eigenvalue weighted by Crippen LogP contribution is -1.78. The number of hydrogen-bond donors (Lipinski definition) is 0. The molecule has 0 aliphatic rings. The van der Waals surface area contributed by atoms with Crippen LogP contribution in [0, 0.1) is 0 Å². The predicted octanol–water partition coefficient (Wildman–Crippen LogP) is 11.0. The monoisotopic (exact) mass is 512 g/mol. The van der Waals surface area contributed by atoms with E-state index < -0.39 is 0 Å². The van der Waals surface area contributed by atoms with Crippen molar-refractivity contribution in [1.29, 1.82) is 0 Å². The van der Waals surface area contributed by atoms with Gasteiger partial charge in [-0.05, 0) is 69.4 Å². The molecule has 0 spiro atoms. The summed E-state index contributed by atoms with van der Waals surface area (Å²) in [6.07, 6.45) is 0. The third kappa shape index (κ3) is 3.98. The number of fused-ring (bicyclic) bond motifs is 3. The van der Waals surface area contributed by atoms with Crippen molar-refractivity contribution in [3.8, 4) is 44.9 Å². The normalized spacial score (nSPS) is 11.5. The largest absolute Gasteiger partial charge is 0.456 e. The van der Waals surface area contributed by atoms with Gasteiger partial charge in [-0.3, -0.25) is 0 Å². The molecule has 0 atom stereocenters. The van der Waals surface area contributed by atoms with Crippen molar-refractivity contribution in [1.82, 2.24) is 0 Å². The molecule has 2 heteroatoms. The summed E-state index contributed by atoms with van der Waals surface area (Å²) < 4.78 is 12.6. The lowest BCUT2D eigenvalue weighted by molar-refractivity contribution is 0.631. The first-order valence-electron chi connectivity index (χ1n) is 13.5. The Bertz CT molecular complexity index is 1890. The maximum Gasteiger partial charge on any atom is 0.135 e. The van der Waals surface area contributed by atoms with Gasteiger partial charge in [0.2, 0.25) is 0 Å². The Hall–Kier alpha value is -5.34. The van der Waals surface area contributed by atoms with Crippen LogP contribution in [0.1, 0.15) is 0 Å². The molecule has 8 rings (SSSR count). The van der Waals surface area contributed by atoms with Gasteiger partial charge < -0.3 is 8.83 Å². The van der Waals surface area contributed by atoms with Crippen molar-refractivity contribution in [3.63, 3.8) is 0 Å². The summed E-state index contributed by atoms with van der Waals surface area (Å²) in [6.45, 7) is 0. The Morgan fingerprint density at radius 1 is 0.275 bits per heavy atom. The maximum atomic E-state index is 6.32. The van der Waals surface area contributed by atoms with Crippen LogP contribution >= 0.6 is 0 Å². The van der Waals surface area contributed by atoms with Crippen molar-refractivity contribution in [2.45, 2.75) is 0 Å². The first-order chi connectivity index (χ1) is 19.8. The summed E-state index contributed by atoms with van der Waals surface area (Å²) in [7, 11) is 0. The van der Waals surface area contributed by atoms with E-state index in [1.807, 2.05) is 12.1 Å². The van der Waals surface area contributed by atoms with E-state index in [2.05, 4.69) is 133 Å². The van der Waals surface area contributed by atoms with Crippen molar-refractivity contribution < 1.29 is 8.83 Å². The average molecular weight is 513 g/mol. The van der Waals surface area contributed by atoms with Gasteiger partial charge in [-0.2, -0.15) is 0 Å². The van der Waals surface area contributed by atoms with Crippen molar-refractivity contribution in [2.24, 2.45) is 0 Å². The summed E-state index contributed by atoms with van der Waals surface area (Å²) in [5.41, 5.74) is 8.71. The predicted molar refractivity (Wildman–Crippen MR) is 165 cm³/mol. The molecule has 0 saturated carbocycles. The van der Waals surface area contributed by atoms with Crippen LogP contribution in [0.15, 0.2) is 154 Å². The van der Waals surface area contributed by atoms with E-state index in [-0.39, 0.29) is 0 Å². The fraction of sp³-hybridized carbons (Fsp3) is 0. The lowest BCUT2D eigenvalue weighted by atomic mass is 10.0. The van der Waals surface area contributed by atoms with E-state index in [4.69, 9.17) is 8.83 Å². The summed E-state index contributed by atoms with van der Waals surface area (Å²) in [6, 6.07) is 50.8. The molecule has 188 valence electrons. The van der Waals surface area contributed by atoms with E-state index >= 15 is 0 Å². The average Bonchev–Trinajstić information content (AvgIpc) is 3.63. The van der Waals surface area contributed by atoms with Crippen LogP contribution in [0.25, 0.3) is 77.6 Å². The molecule has 0 saturated heterocycles. The highest BCUT2D eigenvalue weighted by atomic mass is 16.3. The number of furan rings is 2. The molecule has 0 aliphatic heterocycles. The molecule has 0 aliphatic carbocycles. The van der Waals surface area contributed by atoms with Gasteiger partial charge in [0.05, 0.1) is 0 Å². The van der Waals surface area contributed by atoms with E-state index in [0.717, 1.165) is 55.4 Å². The Labute approximate surface area is 231 Å². The van der Waals surface area contributed by atoms with E-state index in [0.29, 0.717) is 0 Å². The molecule has 0 fully saturated rings. The van der Waals surface area contributed by atoms with Crippen LogP contribution < -0.4 is 0 Å². The maximum absolute atomic E-state index is 6.32. The minimum absolute atomic E-state index is 0.870. The first kappa shape index (κ1) is 22.6. The molecular weight excluding hydrogens is 488 g/mol. The Morgan fingerprint density at radius 3 is 1.02 bits per heavy atom. The Kier molecular flexibility index (Phi) is 5.17.